The summed E-state index contributed by atoms with van der Waals surface area (Å²) in [6.07, 6.45) is 1.39. The Hall–Kier alpha value is -1.96. The Kier molecular flexibility index (Phi) is 6.52. The van der Waals surface area contributed by atoms with Gasteiger partial charge in [-0.15, -0.1) is 0 Å². The largest absolute Gasteiger partial charge is 0.493 e. The molecule has 0 aromatic heterocycles. The van der Waals surface area contributed by atoms with Gasteiger partial charge in [-0.25, -0.2) is 8.42 Å². The first-order valence-electron chi connectivity index (χ1n) is 8.14. The number of ether oxygens (including phenoxy) is 3. The van der Waals surface area contributed by atoms with Crippen LogP contribution in [0.1, 0.15) is 18.4 Å². The Morgan fingerprint density at radius 2 is 1.64 bits per heavy atom. The van der Waals surface area contributed by atoms with E-state index in [9.17, 15) is 13.2 Å². The van der Waals surface area contributed by atoms with Gasteiger partial charge in [0.25, 0.3) is 0 Å². The second-order valence-corrected chi connectivity index (χ2v) is 8.41. The Morgan fingerprint density at radius 3 is 2.12 bits per heavy atom. The van der Waals surface area contributed by atoms with Gasteiger partial charge in [0, 0.05) is 6.54 Å². The summed E-state index contributed by atoms with van der Waals surface area (Å²) in [6, 6.07) is 3.49. The van der Waals surface area contributed by atoms with E-state index < -0.39 is 9.84 Å². The second-order valence-electron chi connectivity index (χ2n) is 6.11. The fourth-order valence-corrected chi connectivity index (χ4v) is 4.48. The minimum absolute atomic E-state index is 0.122. The quantitative estimate of drug-likeness (QED) is 0.774. The summed E-state index contributed by atoms with van der Waals surface area (Å²) in [6.45, 7) is 0.499. The number of amides is 1. The van der Waals surface area contributed by atoms with Crippen molar-refractivity contribution in [2.45, 2.75) is 19.3 Å². The van der Waals surface area contributed by atoms with E-state index in [1.165, 1.54) is 21.3 Å². The number of carbonyl (C=O) groups excluding carboxylic acids is 1. The SMILES string of the molecule is COc1cc(CC(=O)NCC2CCS(=O)(=O)CC2)cc(OC)c1OC. The van der Waals surface area contributed by atoms with Crippen LogP contribution in [-0.2, 0) is 21.1 Å². The van der Waals surface area contributed by atoms with E-state index in [4.69, 9.17) is 14.2 Å². The van der Waals surface area contributed by atoms with Crippen LogP contribution in [0.15, 0.2) is 12.1 Å². The van der Waals surface area contributed by atoms with Crippen molar-refractivity contribution in [3.8, 4) is 17.2 Å². The second kappa shape index (κ2) is 8.42. The zero-order chi connectivity index (χ0) is 18.4. The van der Waals surface area contributed by atoms with E-state index in [1.807, 2.05) is 0 Å². The Labute approximate surface area is 148 Å². The van der Waals surface area contributed by atoms with E-state index in [-0.39, 0.29) is 29.8 Å². The number of rotatable bonds is 7. The lowest BCUT2D eigenvalue weighted by atomic mass is 10.0. The molecule has 1 saturated heterocycles. The molecule has 2 rings (SSSR count). The van der Waals surface area contributed by atoms with Gasteiger partial charge in [0.1, 0.15) is 9.84 Å². The molecule has 0 unspecified atom stereocenters. The van der Waals surface area contributed by atoms with Gasteiger partial charge >= 0.3 is 0 Å². The number of sulfone groups is 1. The van der Waals surface area contributed by atoms with Crippen LogP contribution in [0.5, 0.6) is 17.2 Å². The van der Waals surface area contributed by atoms with Crippen molar-refractivity contribution in [3.05, 3.63) is 17.7 Å². The first-order chi connectivity index (χ1) is 11.9. The summed E-state index contributed by atoms with van der Waals surface area (Å²) in [5.41, 5.74) is 0.748. The van der Waals surface area contributed by atoms with Gasteiger partial charge in [0.2, 0.25) is 11.7 Å². The summed E-state index contributed by atoms with van der Waals surface area (Å²) in [4.78, 5) is 12.2. The molecule has 1 aliphatic rings. The van der Waals surface area contributed by atoms with E-state index in [0.717, 1.165) is 5.56 Å². The molecule has 1 aliphatic heterocycles. The zero-order valence-corrected chi connectivity index (χ0v) is 15.6. The van der Waals surface area contributed by atoms with Crippen LogP contribution in [0.3, 0.4) is 0 Å². The predicted molar refractivity (Wildman–Crippen MR) is 94.2 cm³/mol. The monoisotopic (exact) mass is 371 g/mol. The fraction of sp³-hybridized carbons (Fsp3) is 0.588. The summed E-state index contributed by atoms with van der Waals surface area (Å²) in [5.74, 6) is 2.00. The van der Waals surface area contributed by atoms with Crippen LogP contribution >= 0.6 is 0 Å². The Bertz CT molecular complexity index is 677. The molecular weight excluding hydrogens is 346 g/mol. The van der Waals surface area contributed by atoms with Gasteiger partial charge in [0.05, 0.1) is 39.3 Å². The molecule has 25 heavy (non-hydrogen) atoms. The zero-order valence-electron chi connectivity index (χ0n) is 14.8. The standard InChI is InChI=1S/C17H25NO6S/c1-22-14-8-13(9-15(23-2)17(14)24-3)10-16(19)18-11-12-4-6-25(20,21)7-5-12/h8-9,12H,4-7,10-11H2,1-3H3,(H,18,19). The molecular formula is C17H25NO6S. The number of carbonyl (C=O) groups is 1. The minimum Gasteiger partial charge on any atom is -0.493 e. The van der Waals surface area contributed by atoms with Crippen LogP contribution in [0.2, 0.25) is 0 Å². The molecule has 1 amide bonds. The number of hydrogen-bond donors (Lipinski definition) is 1. The fourth-order valence-electron chi connectivity index (χ4n) is 2.89. The van der Waals surface area contributed by atoms with Gasteiger partial charge in [-0.3, -0.25) is 4.79 Å². The van der Waals surface area contributed by atoms with Crippen molar-refractivity contribution in [1.82, 2.24) is 5.32 Å². The molecule has 7 nitrogen and oxygen atoms in total. The van der Waals surface area contributed by atoms with Gasteiger partial charge in [-0.1, -0.05) is 0 Å². The molecule has 0 radical (unpaired) electrons. The molecule has 1 fully saturated rings. The van der Waals surface area contributed by atoms with Crippen LogP contribution in [0, 0.1) is 5.92 Å². The normalized spacial score (nSPS) is 16.9. The molecule has 1 aromatic rings. The van der Waals surface area contributed by atoms with Gasteiger partial charge in [-0.2, -0.15) is 0 Å². The summed E-state index contributed by atoms with van der Waals surface area (Å²) < 4.78 is 38.7. The summed E-state index contributed by atoms with van der Waals surface area (Å²) >= 11 is 0. The third-order valence-corrected chi connectivity index (χ3v) is 6.07. The molecule has 0 atom stereocenters. The van der Waals surface area contributed by atoms with E-state index in [2.05, 4.69) is 5.32 Å². The maximum absolute atomic E-state index is 12.2. The topological polar surface area (TPSA) is 90.9 Å². The first-order valence-corrected chi connectivity index (χ1v) is 9.96. The Balaban J connectivity index is 1.94. The number of benzene rings is 1. The number of hydrogen-bond acceptors (Lipinski definition) is 6. The minimum atomic E-state index is -2.88. The van der Waals surface area contributed by atoms with Crippen molar-refractivity contribution in [2.24, 2.45) is 5.92 Å². The molecule has 0 saturated carbocycles. The van der Waals surface area contributed by atoms with Gasteiger partial charge < -0.3 is 19.5 Å². The third kappa shape index (κ3) is 5.26. The molecule has 140 valence electrons. The van der Waals surface area contributed by atoms with Crippen LogP contribution in [0.25, 0.3) is 0 Å². The lowest BCUT2D eigenvalue weighted by Crippen LogP contribution is -2.34. The molecule has 0 aliphatic carbocycles. The maximum Gasteiger partial charge on any atom is 0.224 e. The molecule has 0 bridgehead atoms. The van der Waals surface area contributed by atoms with Crippen LogP contribution in [0.4, 0.5) is 0 Å². The lowest BCUT2D eigenvalue weighted by molar-refractivity contribution is -0.120. The average Bonchev–Trinajstić information content (AvgIpc) is 2.59. The highest BCUT2D eigenvalue weighted by molar-refractivity contribution is 7.91. The van der Waals surface area contributed by atoms with Crippen molar-refractivity contribution in [3.63, 3.8) is 0 Å². The van der Waals surface area contributed by atoms with E-state index >= 15 is 0 Å². The predicted octanol–water partition coefficient (Wildman–Crippen LogP) is 1.20. The van der Waals surface area contributed by atoms with Gasteiger partial charge in [-0.05, 0) is 36.5 Å². The summed E-state index contributed by atoms with van der Waals surface area (Å²) in [7, 11) is 1.70. The molecule has 8 heteroatoms. The number of methoxy groups -OCH3 is 3. The highest BCUT2D eigenvalue weighted by Crippen LogP contribution is 2.38. The average molecular weight is 371 g/mol. The molecule has 1 aromatic carbocycles. The van der Waals surface area contributed by atoms with Crippen molar-refractivity contribution < 1.29 is 27.4 Å². The number of nitrogens with one attached hydrogen (secondary N) is 1. The molecule has 0 spiro atoms. The van der Waals surface area contributed by atoms with E-state index in [0.29, 0.717) is 36.6 Å². The first kappa shape index (κ1) is 19.4. The molecule has 1 heterocycles. The lowest BCUT2D eigenvalue weighted by Gasteiger charge is -2.22. The van der Waals surface area contributed by atoms with Gasteiger partial charge in [0.15, 0.2) is 11.5 Å². The maximum atomic E-state index is 12.2. The third-order valence-electron chi connectivity index (χ3n) is 4.35. The van der Waals surface area contributed by atoms with Crippen molar-refractivity contribution in [2.75, 3.05) is 39.4 Å². The Morgan fingerprint density at radius 1 is 1.08 bits per heavy atom. The molecule has 1 N–H and O–H groups in total. The van der Waals surface area contributed by atoms with E-state index in [1.54, 1.807) is 12.1 Å². The van der Waals surface area contributed by atoms with Crippen molar-refractivity contribution >= 4 is 15.7 Å². The van der Waals surface area contributed by atoms with Crippen molar-refractivity contribution in [1.29, 1.82) is 0 Å². The summed E-state index contributed by atoms with van der Waals surface area (Å²) in [5, 5.41) is 2.89. The smallest absolute Gasteiger partial charge is 0.224 e. The highest BCUT2D eigenvalue weighted by Gasteiger charge is 2.24. The van der Waals surface area contributed by atoms with Crippen LogP contribution in [-0.4, -0.2) is 53.7 Å². The van der Waals surface area contributed by atoms with Crippen LogP contribution < -0.4 is 19.5 Å². The highest BCUT2D eigenvalue weighted by atomic mass is 32.2.